The van der Waals surface area contributed by atoms with Crippen LogP contribution in [0.2, 0.25) is 0 Å². The summed E-state index contributed by atoms with van der Waals surface area (Å²) in [4.78, 5) is 11.6. The second kappa shape index (κ2) is 5.87. The van der Waals surface area contributed by atoms with Crippen molar-refractivity contribution in [3.8, 4) is 0 Å². The number of benzene rings is 1. The summed E-state index contributed by atoms with van der Waals surface area (Å²) in [7, 11) is 0. The molecule has 0 aliphatic carbocycles. The highest BCUT2D eigenvalue weighted by Gasteiger charge is 2.37. The number of aliphatic carboxylic acids is 1. The Kier molecular flexibility index (Phi) is 4.73. The molecular weight excluding hydrogens is 228 g/mol. The first-order chi connectivity index (χ1) is 8.39. The number of hydrogen-bond donors (Lipinski definition) is 3. The molecule has 4 heteroatoms. The zero-order chi connectivity index (χ0) is 13.8. The molecule has 0 aliphatic heterocycles. The van der Waals surface area contributed by atoms with Crippen molar-refractivity contribution in [2.24, 2.45) is 17.1 Å². The molecule has 5 N–H and O–H groups in total. The predicted molar refractivity (Wildman–Crippen MR) is 73.1 cm³/mol. The summed E-state index contributed by atoms with van der Waals surface area (Å²) in [5, 5.41) is 9.49. The number of nitrogen functional groups attached to an aromatic ring is 1. The third-order valence-electron chi connectivity index (χ3n) is 3.14. The third kappa shape index (κ3) is 3.47. The first kappa shape index (κ1) is 14.5. The number of rotatable bonds is 6. The van der Waals surface area contributed by atoms with Crippen molar-refractivity contribution in [3.63, 3.8) is 0 Å². The summed E-state index contributed by atoms with van der Waals surface area (Å²) in [5.74, 6) is -0.549. The largest absolute Gasteiger partial charge is 0.481 e. The minimum Gasteiger partial charge on any atom is -0.481 e. The van der Waals surface area contributed by atoms with Crippen LogP contribution in [0.3, 0.4) is 0 Å². The van der Waals surface area contributed by atoms with Crippen LogP contribution in [0.4, 0.5) is 5.69 Å². The van der Waals surface area contributed by atoms with E-state index in [9.17, 15) is 9.90 Å². The third-order valence-corrected chi connectivity index (χ3v) is 3.14. The summed E-state index contributed by atoms with van der Waals surface area (Å²) in [6.07, 6.45) is 0.982. The lowest BCUT2D eigenvalue weighted by Crippen LogP contribution is -2.41. The fraction of sp³-hybridized carbons (Fsp3) is 0.500. The van der Waals surface area contributed by atoms with Crippen molar-refractivity contribution in [2.45, 2.75) is 26.7 Å². The lowest BCUT2D eigenvalue weighted by molar-refractivity contribution is -0.149. The molecule has 0 heterocycles. The Morgan fingerprint density at radius 3 is 2.56 bits per heavy atom. The smallest absolute Gasteiger partial charge is 0.311 e. The molecule has 0 fully saturated rings. The fourth-order valence-electron chi connectivity index (χ4n) is 2.35. The average molecular weight is 250 g/mol. The van der Waals surface area contributed by atoms with E-state index in [1.54, 1.807) is 6.07 Å². The van der Waals surface area contributed by atoms with Gasteiger partial charge in [0.05, 0.1) is 5.41 Å². The van der Waals surface area contributed by atoms with E-state index in [2.05, 4.69) is 0 Å². The molecule has 1 rings (SSSR count). The van der Waals surface area contributed by atoms with Gasteiger partial charge in [-0.1, -0.05) is 26.0 Å². The second-order valence-corrected chi connectivity index (χ2v) is 5.31. The van der Waals surface area contributed by atoms with Crippen LogP contribution in [0, 0.1) is 11.3 Å². The maximum atomic E-state index is 11.6. The van der Waals surface area contributed by atoms with Gasteiger partial charge in [0, 0.05) is 12.2 Å². The van der Waals surface area contributed by atoms with Crippen molar-refractivity contribution >= 4 is 11.7 Å². The molecular formula is C14H22N2O2. The number of nitrogens with two attached hydrogens (primary N) is 2. The van der Waals surface area contributed by atoms with Crippen LogP contribution < -0.4 is 11.5 Å². The fourth-order valence-corrected chi connectivity index (χ4v) is 2.35. The summed E-state index contributed by atoms with van der Waals surface area (Å²) < 4.78 is 0. The van der Waals surface area contributed by atoms with Gasteiger partial charge in [0.15, 0.2) is 0 Å². The van der Waals surface area contributed by atoms with Gasteiger partial charge in [0.2, 0.25) is 0 Å². The van der Waals surface area contributed by atoms with Crippen LogP contribution in [0.1, 0.15) is 25.8 Å². The van der Waals surface area contributed by atoms with Crippen molar-refractivity contribution in [1.29, 1.82) is 0 Å². The van der Waals surface area contributed by atoms with Gasteiger partial charge in [0.25, 0.3) is 0 Å². The maximum absolute atomic E-state index is 11.6. The van der Waals surface area contributed by atoms with Crippen molar-refractivity contribution < 1.29 is 9.90 Å². The Morgan fingerprint density at radius 2 is 2.11 bits per heavy atom. The molecule has 0 saturated carbocycles. The van der Waals surface area contributed by atoms with Gasteiger partial charge >= 0.3 is 5.97 Å². The van der Waals surface area contributed by atoms with Crippen molar-refractivity contribution in [1.82, 2.24) is 0 Å². The van der Waals surface area contributed by atoms with Gasteiger partial charge in [-0.25, -0.2) is 0 Å². The van der Waals surface area contributed by atoms with E-state index in [-0.39, 0.29) is 12.5 Å². The quantitative estimate of drug-likeness (QED) is 0.672. The lowest BCUT2D eigenvalue weighted by atomic mass is 9.75. The molecule has 18 heavy (non-hydrogen) atoms. The molecule has 1 aromatic carbocycles. The first-order valence-corrected chi connectivity index (χ1v) is 6.17. The Labute approximate surface area is 108 Å². The number of anilines is 1. The highest BCUT2D eigenvalue weighted by atomic mass is 16.4. The van der Waals surface area contributed by atoms with Gasteiger partial charge in [-0.15, -0.1) is 0 Å². The Bertz CT molecular complexity index is 418. The van der Waals surface area contributed by atoms with Gasteiger partial charge < -0.3 is 16.6 Å². The molecule has 1 aromatic rings. The van der Waals surface area contributed by atoms with Gasteiger partial charge in [-0.05, 0) is 36.5 Å². The standard InChI is InChI=1S/C14H22N2O2/c1-10(2)7-14(9-15,13(17)18)8-11-4-3-5-12(16)6-11/h3-6,10H,7-9,15-16H2,1-2H3,(H,17,18). The highest BCUT2D eigenvalue weighted by Crippen LogP contribution is 2.30. The molecule has 0 spiro atoms. The minimum absolute atomic E-state index is 0.134. The zero-order valence-corrected chi connectivity index (χ0v) is 11.0. The molecule has 100 valence electrons. The summed E-state index contributed by atoms with van der Waals surface area (Å²) in [6.45, 7) is 4.15. The van der Waals surface area contributed by atoms with E-state index in [1.807, 2.05) is 32.0 Å². The normalized spacial score (nSPS) is 14.4. The molecule has 0 aromatic heterocycles. The molecule has 1 unspecified atom stereocenters. The number of carbonyl (C=O) groups is 1. The molecule has 0 bridgehead atoms. The van der Waals surface area contributed by atoms with Crippen LogP contribution in [-0.4, -0.2) is 17.6 Å². The number of hydrogen-bond acceptors (Lipinski definition) is 3. The lowest BCUT2D eigenvalue weighted by Gasteiger charge is -2.30. The van der Waals surface area contributed by atoms with E-state index in [0.717, 1.165) is 5.56 Å². The Morgan fingerprint density at radius 1 is 1.44 bits per heavy atom. The van der Waals surface area contributed by atoms with Crippen LogP contribution in [0.25, 0.3) is 0 Å². The summed E-state index contributed by atoms with van der Waals surface area (Å²) in [5.41, 5.74) is 12.1. The molecule has 0 aliphatic rings. The Balaban J connectivity index is 3.00. The summed E-state index contributed by atoms with van der Waals surface area (Å²) in [6, 6.07) is 7.33. The zero-order valence-electron chi connectivity index (χ0n) is 11.0. The van der Waals surface area contributed by atoms with Gasteiger partial charge in [0.1, 0.15) is 0 Å². The van der Waals surface area contributed by atoms with Crippen molar-refractivity contribution in [2.75, 3.05) is 12.3 Å². The van der Waals surface area contributed by atoms with Gasteiger partial charge in [-0.3, -0.25) is 4.79 Å². The van der Waals surface area contributed by atoms with E-state index in [4.69, 9.17) is 11.5 Å². The summed E-state index contributed by atoms with van der Waals surface area (Å²) >= 11 is 0. The molecule has 0 saturated heterocycles. The number of carboxylic acids is 1. The molecule has 4 nitrogen and oxygen atoms in total. The predicted octanol–water partition coefficient (Wildman–Crippen LogP) is 1.89. The average Bonchev–Trinajstić information content (AvgIpc) is 2.27. The van der Waals surface area contributed by atoms with E-state index < -0.39 is 11.4 Å². The second-order valence-electron chi connectivity index (χ2n) is 5.31. The maximum Gasteiger partial charge on any atom is 0.311 e. The van der Waals surface area contributed by atoms with Crippen LogP contribution in [0.5, 0.6) is 0 Å². The topological polar surface area (TPSA) is 89.3 Å². The highest BCUT2D eigenvalue weighted by molar-refractivity contribution is 5.75. The van der Waals surface area contributed by atoms with Crippen molar-refractivity contribution in [3.05, 3.63) is 29.8 Å². The molecule has 1 atom stereocenters. The number of carboxylic acid groups (broad SMARTS) is 1. The molecule has 0 radical (unpaired) electrons. The SMILES string of the molecule is CC(C)CC(CN)(Cc1cccc(N)c1)C(=O)O. The van der Waals surface area contributed by atoms with Crippen LogP contribution >= 0.6 is 0 Å². The first-order valence-electron chi connectivity index (χ1n) is 6.17. The minimum atomic E-state index is -0.901. The van der Waals surface area contributed by atoms with Gasteiger partial charge in [-0.2, -0.15) is 0 Å². The van der Waals surface area contributed by atoms with E-state index in [1.165, 1.54) is 0 Å². The van der Waals surface area contributed by atoms with E-state index in [0.29, 0.717) is 18.5 Å². The van der Waals surface area contributed by atoms with Crippen LogP contribution in [-0.2, 0) is 11.2 Å². The monoisotopic (exact) mass is 250 g/mol. The van der Waals surface area contributed by atoms with E-state index >= 15 is 0 Å². The van der Waals surface area contributed by atoms with Crippen LogP contribution in [0.15, 0.2) is 24.3 Å². The molecule has 0 amide bonds. The Hall–Kier alpha value is -1.55.